The molecular weight excluding hydrogens is 761 g/mol. The monoisotopic (exact) mass is 816 g/mol. The van der Waals surface area contributed by atoms with Gasteiger partial charge in [0.1, 0.15) is 0 Å². The van der Waals surface area contributed by atoms with E-state index in [1.807, 2.05) is 12.1 Å². The van der Waals surface area contributed by atoms with Gasteiger partial charge in [0, 0.05) is 22.3 Å². The van der Waals surface area contributed by atoms with Gasteiger partial charge >= 0.3 is 0 Å². The molecule has 0 atom stereocenters. The zero-order valence-corrected chi connectivity index (χ0v) is 38.2. The standard InChI is InChI=1S/C58H56O4/c1-55(2,3)43-23-17-24-44(56(4,5)6)49(43)41-31-33(47-51(59)37-19-13-14-20-38(37)52(47)60)27-29-35(41)36-30-28-34(48-53(61)39-21-15-16-22-40(39)54(48)62)32-42(36)50-45(57(7,8)9)25-18-26-46(50)58(10,11)12/h13-32H,1-12H3/b36-35+. The van der Waals surface area contributed by atoms with Gasteiger partial charge in [-0.05, 0) is 99.2 Å². The molecule has 6 aromatic rings. The predicted octanol–water partition coefficient (Wildman–Crippen LogP) is 12.0. The zero-order valence-electron chi connectivity index (χ0n) is 38.2. The van der Waals surface area contributed by atoms with E-state index in [1.165, 1.54) is 0 Å². The van der Waals surface area contributed by atoms with Crippen LogP contribution in [0.3, 0.4) is 0 Å². The number of carbonyl (C=O) groups excluding carboxylic acids is 4. The molecular formula is C58H56O4. The Bertz CT molecular complexity index is 2810. The van der Waals surface area contributed by atoms with E-state index >= 15 is 0 Å². The van der Waals surface area contributed by atoms with Gasteiger partial charge in [-0.1, -0.05) is 192 Å². The molecule has 0 aromatic heterocycles. The topological polar surface area (TPSA) is 68.3 Å². The van der Waals surface area contributed by atoms with Gasteiger partial charge in [0.25, 0.3) is 0 Å². The second kappa shape index (κ2) is 14.7. The van der Waals surface area contributed by atoms with Crippen molar-refractivity contribution >= 4 is 34.3 Å². The lowest BCUT2D eigenvalue weighted by molar-refractivity contribution is 0.101. The number of carbonyl (C=O) groups is 4. The third kappa shape index (κ3) is 7.04. The quantitative estimate of drug-likeness (QED) is 0.175. The largest absolute Gasteiger partial charge is 0.288 e. The van der Waals surface area contributed by atoms with Gasteiger partial charge in [0.2, 0.25) is 0 Å². The molecule has 62 heavy (non-hydrogen) atoms. The van der Waals surface area contributed by atoms with E-state index in [-0.39, 0.29) is 55.9 Å². The summed E-state index contributed by atoms with van der Waals surface area (Å²) in [4.78, 5) is 56.6. The van der Waals surface area contributed by atoms with Crippen LogP contribution in [0.1, 0.15) is 147 Å². The molecule has 0 bridgehead atoms. The second-order valence-electron chi connectivity index (χ2n) is 21.1. The van der Waals surface area contributed by atoms with Crippen LogP contribution >= 0.6 is 0 Å². The summed E-state index contributed by atoms with van der Waals surface area (Å²) in [6.45, 7) is 26.6. The molecule has 0 saturated heterocycles. The maximum absolute atomic E-state index is 14.1. The summed E-state index contributed by atoms with van der Waals surface area (Å²) in [5, 5.41) is 2.96. The number of rotatable bonds is 2. The van der Waals surface area contributed by atoms with E-state index < -0.39 is 0 Å². The lowest BCUT2D eigenvalue weighted by Crippen LogP contribution is -2.21. The van der Waals surface area contributed by atoms with E-state index in [4.69, 9.17) is 0 Å². The van der Waals surface area contributed by atoms with Gasteiger partial charge < -0.3 is 0 Å². The van der Waals surface area contributed by atoms with Gasteiger partial charge in [0.05, 0.1) is 11.1 Å². The van der Waals surface area contributed by atoms with Crippen molar-refractivity contribution in [2.24, 2.45) is 0 Å². The molecule has 0 saturated carbocycles. The van der Waals surface area contributed by atoms with Gasteiger partial charge in [0.15, 0.2) is 23.1 Å². The normalized spacial score (nSPS) is 15.1. The number of hydrogen-bond acceptors (Lipinski definition) is 4. The van der Waals surface area contributed by atoms with Gasteiger partial charge in [-0.2, -0.15) is 0 Å². The second-order valence-corrected chi connectivity index (χ2v) is 21.1. The Morgan fingerprint density at radius 2 is 0.548 bits per heavy atom. The molecule has 0 heterocycles. The fourth-order valence-corrected chi connectivity index (χ4v) is 9.50. The molecule has 4 nitrogen and oxygen atoms in total. The molecule has 4 heteroatoms. The highest BCUT2D eigenvalue weighted by Crippen LogP contribution is 2.44. The highest BCUT2D eigenvalue weighted by molar-refractivity contribution is 6.56. The molecule has 0 fully saturated rings. The Hall–Kier alpha value is -6.26. The van der Waals surface area contributed by atoms with Crippen LogP contribution in [0, 0.1) is 10.4 Å². The third-order valence-corrected chi connectivity index (χ3v) is 12.5. The van der Waals surface area contributed by atoms with E-state index in [1.54, 1.807) is 48.5 Å². The summed E-state index contributed by atoms with van der Waals surface area (Å²) < 4.78 is 0. The van der Waals surface area contributed by atoms with E-state index in [0.29, 0.717) is 32.7 Å². The third-order valence-electron chi connectivity index (χ3n) is 12.5. The zero-order chi connectivity index (χ0) is 44.8. The minimum absolute atomic E-state index is 0.169. The Morgan fingerprint density at radius 1 is 0.290 bits per heavy atom. The first-order valence-electron chi connectivity index (χ1n) is 21.7. The average Bonchev–Trinajstić information content (AvgIpc) is 3.62. The summed E-state index contributed by atoms with van der Waals surface area (Å²) in [5.41, 5.74) is 9.35. The number of ketones is 4. The van der Waals surface area contributed by atoms with Crippen LogP contribution < -0.4 is 10.4 Å². The number of fused-ring (bicyclic) bond motifs is 2. The lowest BCUT2D eigenvalue weighted by atomic mass is 9.73. The van der Waals surface area contributed by atoms with Crippen molar-refractivity contribution < 1.29 is 19.2 Å². The molecule has 2 aliphatic rings. The van der Waals surface area contributed by atoms with Gasteiger partial charge in [-0.15, -0.1) is 0 Å². The SMILES string of the molecule is CC(C)(C)c1cccc(C(C)(C)C)c1-c1cc(=C2C(=O)c3ccccc3C2=O)cc/c1=c1/ccc(=C2C(=O)c3ccccc3C2=O)cc1-c1c(C(C)(C)C)cccc1C(C)(C)C. The van der Waals surface area contributed by atoms with Crippen LogP contribution in [0.4, 0.5) is 0 Å². The molecule has 312 valence electrons. The number of Topliss-reactive ketones (excluding diaryl/α,β-unsaturated/α-hetero) is 4. The maximum Gasteiger partial charge on any atom is 0.198 e. The smallest absolute Gasteiger partial charge is 0.198 e. The van der Waals surface area contributed by atoms with Crippen LogP contribution in [0.2, 0.25) is 0 Å². The first-order valence-corrected chi connectivity index (χ1v) is 21.7. The Labute approximate surface area is 365 Å². The molecule has 0 aliphatic heterocycles. The van der Waals surface area contributed by atoms with Gasteiger partial charge in [-0.25, -0.2) is 0 Å². The molecule has 0 N–H and O–H groups in total. The molecule has 0 amide bonds. The Morgan fingerprint density at radius 3 is 0.790 bits per heavy atom. The van der Waals surface area contributed by atoms with Crippen molar-refractivity contribution in [3.63, 3.8) is 0 Å². The molecule has 0 unspecified atom stereocenters. The molecule has 6 aromatic carbocycles. The average molecular weight is 817 g/mol. The summed E-state index contributed by atoms with van der Waals surface area (Å²) in [7, 11) is 0. The first-order chi connectivity index (χ1) is 29.0. The Balaban J connectivity index is 1.66. The highest BCUT2D eigenvalue weighted by atomic mass is 16.2. The van der Waals surface area contributed by atoms with Crippen molar-refractivity contribution in [1.29, 1.82) is 0 Å². The fraction of sp³-hybridized carbons (Fsp3) is 0.276. The minimum atomic E-state index is -0.286. The van der Waals surface area contributed by atoms with E-state index in [0.717, 1.165) is 54.9 Å². The minimum Gasteiger partial charge on any atom is -0.288 e. The summed E-state index contributed by atoms with van der Waals surface area (Å²) in [5.74, 6) is -1.08. The maximum atomic E-state index is 14.1. The van der Waals surface area contributed by atoms with Crippen molar-refractivity contribution in [1.82, 2.24) is 0 Å². The summed E-state index contributed by atoms with van der Waals surface area (Å²) in [6.07, 6.45) is 0. The fourth-order valence-electron chi connectivity index (χ4n) is 9.50. The number of hydrogen-bond donors (Lipinski definition) is 0. The van der Waals surface area contributed by atoms with Crippen LogP contribution in [-0.2, 0) is 21.7 Å². The first kappa shape index (κ1) is 42.4. The summed E-state index contributed by atoms with van der Waals surface area (Å²) in [6, 6.07) is 39.2. The number of benzene rings is 6. The van der Waals surface area contributed by atoms with Crippen LogP contribution in [0.5, 0.6) is 0 Å². The molecule has 0 spiro atoms. The van der Waals surface area contributed by atoms with Gasteiger partial charge in [-0.3, -0.25) is 19.2 Å². The molecule has 0 radical (unpaired) electrons. The van der Waals surface area contributed by atoms with Crippen molar-refractivity contribution in [2.75, 3.05) is 0 Å². The predicted molar refractivity (Wildman–Crippen MR) is 252 cm³/mol. The van der Waals surface area contributed by atoms with Crippen molar-refractivity contribution in [2.45, 2.75) is 105 Å². The summed E-state index contributed by atoms with van der Waals surface area (Å²) >= 11 is 0. The van der Waals surface area contributed by atoms with E-state index in [2.05, 4.69) is 144 Å². The van der Waals surface area contributed by atoms with E-state index in [9.17, 15) is 19.2 Å². The van der Waals surface area contributed by atoms with Crippen molar-refractivity contribution in [3.05, 3.63) is 187 Å². The van der Waals surface area contributed by atoms with Crippen LogP contribution in [0.25, 0.3) is 33.4 Å². The van der Waals surface area contributed by atoms with Crippen LogP contribution in [0.15, 0.2) is 121 Å². The highest BCUT2D eigenvalue weighted by Gasteiger charge is 2.36. The molecule has 2 aliphatic carbocycles. The molecule has 8 rings (SSSR count). The lowest BCUT2D eigenvalue weighted by Gasteiger charge is -2.31. The van der Waals surface area contributed by atoms with Crippen LogP contribution in [-0.4, -0.2) is 23.1 Å². The Kier molecular flexibility index (Phi) is 10.1. The van der Waals surface area contributed by atoms with Crippen molar-refractivity contribution in [3.8, 4) is 22.3 Å².